The number of para-hydroxylation sites is 1. The molecule has 8 heteroatoms. The topological polar surface area (TPSA) is 88.9 Å². The van der Waals surface area contributed by atoms with E-state index < -0.39 is 30.9 Å². The number of likely N-dealkylation sites (N-methyl/N-ethyl adjacent to an activating group) is 1. The minimum absolute atomic E-state index is 0.115. The van der Waals surface area contributed by atoms with E-state index in [0.717, 1.165) is 0 Å². The summed E-state index contributed by atoms with van der Waals surface area (Å²) in [7, 11) is 2.88. The summed E-state index contributed by atoms with van der Waals surface area (Å²) in [5.41, 5.74) is 0.856. The van der Waals surface area contributed by atoms with E-state index >= 15 is 0 Å². The van der Waals surface area contributed by atoms with Gasteiger partial charge in [-0.25, -0.2) is 9.18 Å². The molecule has 146 valence electrons. The molecule has 0 fully saturated rings. The first-order valence-corrected chi connectivity index (χ1v) is 8.28. The molecule has 0 aromatic heterocycles. The smallest absolute Gasteiger partial charge is 0.344 e. The van der Waals surface area contributed by atoms with Crippen LogP contribution in [-0.2, 0) is 20.9 Å². The molecule has 0 heterocycles. The zero-order valence-electron chi connectivity index (χ0n) is 15.5. The Bertz CT molecular complexity index is 894. The summed E-state index contributed by atoms with van der Waals surface area (Å²) < 4.78 is 28.7. The van der Waals surface area contributed by atoms with Crippen molar-refractivity contribution in [3.05, 3.63) is 59.4 Å². The first-order chi connectivity index (χ1) is 13.4. The number of amides is 1. The molecule has 7 nitrogen and oxygen atoms in total. The van der Waals surface area contributed by atoms with Gasteiger partial charge in [-0.2, -0.15) is 5.26 Å². The maximum absolute atomic E-state index is 13.7. The van der Waals surface area contributed by atoms with Crippen LogP contribution in [-0.4, -0.2) is 44.1 Å². The van der Waals surface area contributed by atoms with Gasteiger partial charge in [0.1, 0.15) is 11.8 Å². The predicted octanol–water partition coefficient (Wildman–Crippen LogP) is 2.29. The van der Waals surface area contributed by atoms with Crippen LogP contribution in [0.4, 0.5) is 4.39 Å². The van der Waals surface area contributed by atoms with Gasteiger partial charge in [-0.3, -0.25) is 4.79 Å². The number of nitriles is 1. The standard InChI is InChI=1S/C20H19FN2O5/c1-23(11-14-7-8-18(26-2)16(21)9-14)19(24)12-28-20(25)13-27-17-6-4-3-5-15(17)10-22/h3-9H,11-13H2,1-2H3. The van der Waals surface area contributed by atoms with Gasteiger partial charge in [-0.1, -0.05) is 18.2 Å². The second-order valence-corrected chi connectivity index (χ2v) is 5.78. The second-order valence-electron chi connectivity index (χ2n) is 5.78. The van der Waals surface area contributed by atoms with Gasteiger partial charge >= 0.3 is 5.97 Å². The van der Waals surface area contributed by atoms with Crippen LogP contribution in [0.2, 0.25) is 0 Å². The Morgan fingerprint density at radius 2 is 1.89 bits per heavy atom. The Balaban J connectivity index is 1.80. The number of nitrogens with zero attached hydrogens (tertiary/aromatic N) is 2. The van der Waals surface area contributed by atoms with Crippen molar-refractivity contribution in [1.82, 2.24) is 4.90 Å². The number of carbonyl (C=O) groups is 2. The third-order valence-electron chi connectivity index (χ3n) is 3.77. The average molecular weight is 386 g/mol. The van der Waals surface area contributed by atoms with Gasteiger partial charge in [0.2, 0.25) is 0 Å². The summed E-state index contributed by atoms with van der Waals surface area (Å²) >= 11 is 0. The lowest BCUT2D eigenvalue weighted by molar-refractivity contribution is -0.153. The fraction of sp³-hybridized carbons (Fsp3) is 0.250. The van der Waals surface area contributed by atoms with E-state index in [1.54, 1.807) is 30.3 Å². The summed E-state index contributed by atoms with van der Waals surface area (Å²) in [6.45, 7) is -0.764. The van der Waals surface area contributed by atoms with Crippen molar-refractivity contribution in [3.8, 4) is 17.6 Å². The molecule has 0 atom stereocenters. The molecule has 0 aliphatic rings. The quantitative estimate of drug-likeness (QED) is 0.647. The lowest BCUT2D eigenvalue weighted by Crippen LogP contribution is -2.31. The minimum Gasteiger partial charge on any atom is -0.494 e. The lowest BCUT2D eigenvalue weighted by atomic mass is 10.2. The molecule has 0 radical (unpaired) electrons. The summed E-state index contributed by atoms with van der Waals surface area (Å²) in [5.74, 6) is -1.36. The highest BCUT2D eigenvalue weighted by Gasteiger charge is 2.14. The van der Waals surface area contributed by atoms with E-state index in [1.165, 1.54) is 31.2 Å². The molecule has 0 unspecified atom stereocenters. The van der Waals surface area contributed by atoms with Gasteiger partial charge in [-0.15, -0.1) is 0 Å². The third-order valence-corrected chi connectivity index (χ3v) is 3.77. The minimum atomic E-state index is -0.745. The van der Waals surface area contributed by atoms with Crippen molar-refractivity contribution >= 4 is 11.9 Å². The highest BCUT2D eigenvalue weighted by molar-refractivity contribution is 5.80. The first-order valence-electron chi connectivity index (χ1n) is 8.28. The van der Waals surface area contributed by atoms with Crippen molar-refractivity contribution in [2.24, 2.45) is 0 Å². The number of halogens is 1. The van der Waals surface area contributed by atoms with Gasteiger partial charge in [0, 0.05) is 13.6 Å². The monoisotopic (exact) mass is 386 g/mol. The molecule has 0 N–H and O–H groups in total. The van der Waals surface area contributed by atoms with E-state index in [2.05, 4.69) is 0 Å². The van der Waals surface area contributed by atoms with Crippen LogP contribution in [0, 0.1) is 17.1 Å². The van der Waals surface area contributed by atoms with E-state index in [4.69, 9.17) is 19.5 Å². The van der Waals surface area contributed by atoms with Crippen LogP contribution < -0.4 is 9.47 Å². The molecule has 28 heavy (non-hydrogen) atoms. The summed E-state index contributed by atoms with van der Waals surface area (Å²) in [5, 5.41) is 8.96. The number of esters is 1. The number of hydrogen-bond acceptors (Lipinski definition) is 6. The molecule has 0 bridgehead atoms. The van der Waals surface area contributed by atoms with Gasteiger partial charge in [0.15, 0.2) is 24.8 Å². The van der Waals surface area contributed by atoms with Gasteiger partial charge < -0.3 is 19.1 Å². The summed E-state index contributed by atoms with van der Waals surface area (Å²) in [6.07, 6.45) is 0. The Kier molecular flexibility index (Phi) is 7.34. The fourth-order valence-corrected chi connectivity index (χ4v) is 2.29. The maximum atomic E-state index is 13.7. The predicted molar refractivity (Wildman–Crippen MR) is 97.0 cm³/mol. The molecular formula is C20H19FN2O5. The van der Waals surface area contributed by atoms with Gasteiger partial charge in [0.25, 0.3) is 5.91 Å². The van der Waals surface area contributed by atoms with Crippen molar-refractivity contribution in [2.75, 3.05) is 27.4 Å². The van der Waals surface area contributed by atoms with Crippen molar-refractivity contribution < 1.29 is 28.2 Å². The molecule has 1 amide bonds. The summed E-state index contributed by atoms with van der Waals surface area (Å²) in [6, 6.07) is 12.8. The number of methoxy groups -OCH3 is 1. The molecule has 0 aliphatic carbocycles. The zero-order chi connectivity index (χ0) is 20.5. The molecule has 0 aliphatic heterocycles. The van der Waals surface area contributed by atoms with Crippen molar-refractivity contribution in [1.29, 1.82) is 5.26 Å². The molecular weight excluding hydrogens is 367 g/mol. The molecule has 0 saturated carbocycles. The fourth-order valence-electron chi connectivity index (χ4n) is 2.29. The highest BCUT2D eigenvalue weighted by Crippen LogP contribution is 2.18. The van der Waals surface area contributed by atoms with Gasteiger partial charge in [0.05, 0.1) is 12.7 Å². The van der Waals surface area contributed by atoms with E-state index in [1.807, 2.05) is 6.07 Å². The van der Waals surface area contributed by atoms with Crippen LogP contribution in [0.1, 0.15) is 11.1 Å². The number of carbonyl (C=O) groups excluding carboxylic acids is 2. The zero-order valence-corrected chi connectivity index (χ0v) is 15.5. The van der Waals surface area contributed by atoms with Crippen molar-refractivity contribution in [2.45, 2.75) is 6.54 Å². The molecule has 2 rings (SSSR count). The number of benzene rings is 2. The van der Waals surface area contributed by atoms with Crippen LogP contribution >= 0.6 is 0 Å². The number of hydrogen-bond donors (Lipinski definition) is 0. The van der Waals surface area contributed by atoms with Crippen molar-refractivity contribution in [3.63, 3.8) is 0 Å². The highest BCUT2D eigenvalue weighted by atomic mass is 19.1. The number of ether oxygens (including phenoxy) is 3. The summed E-state index contributed by atoms with van der Waals surface area (Å²) in [4.78, 5) is 25.1. The third kappa shape index (κ3) is 5.71. The van der Waals surface area contributed by atoms with Crippen LogP contribution in [0.15, 0.2) is 42.5 Å². The number of rotatable bonds is 8. The van der Waals surface area contributed by atoms with Crippen LogP contribution in [0.3, 0.4) is 0 Å². The average Bonchev–Trinajstić information content (AvgIpc) is 2.70. The first kappa shape index (κ1) is 20.7. The van der Waals surface area contributed by atoms with E-state index in [0.29, 0.717) is 5.56 Å². The lowest BCUT2D eigenvalue weighted by Gasteiger charge is -2.17. The Morgan fingerprint density at radius 3 is 2.57 bits per heavy atom. The van der Waals surface area contributed by atoms with E-state index in [-0.39, 0.29) is 23.6 Å². The normalized spacial score (nSPS) is 9.93. The van der Waals surface area contributed by atoms with Gasteiger partial charge in [-0.05, 0) is 29.8 Å². The molecule has 0 saturated heterocycles. The Morgan fingerprint density at radius 1 is 1.14 bits per heavy atom. The maximum Gasteiger partial charge on any atom is 0.344 e. The van der Waals surface area contributed by atoms with Crippen LogP contribution in [0.25, 0.3) is 0 Å². The van der Waals surface area contributed by atoms with Crippen LogP contribution in [0.5, 0.6) is 11.5 Å². The SMILES string of the molecule is COc1ccc(CN(C)C(=O)COC(=O)COc2ccccc2C#N)cc1F. The molecule has 2 aromatic rings. The molecule has 2 aromatic carbocycles. The largest absolute Gasteiger partial charge is 0.494 e. The molecule has 0 spiro atoms. The van der Waals surface area contributed by atoms with E-state index in [9.17, 15) is 14.0 Å². The second kappa shape index (κ2) is 9.92. The Hall–Kier alpha value is -3.60. The Labute approximate surface area is 161 Å².